The van der Waals surface area contributed by atoms with Crippen molar-refractivity contribution in [2.24, 2.45) is 0 Å². The predicted molar refractivity (Wildman–Crippen MR) is 90.9 cm³/mol. The number of halogens is 2. The lowest BCUT2D eigenvalue weighted by Crippen LogP contribution is -2.20. The van der Waals surface area contributed by atoms with Gasteiger partial charge < -0.3 is 10.1 Å². The first kappa shape index (κ1) is 16.8. The molecular formula is C18H17F2NO2S. The van der Waals surface area contributed by atoms with Crippen LogP contribution in [-0.2, 0) is 17.6 Å². The van der Waals surface area contributed by atoms with E-state index in [0.29, 0.717) is 28.1 Å². The molecular weight excluding hydrogens is 332 g/mol. The maximum atomic E-state index is 12.3. The molecule has 0 aromatic heterocycles. The van der Waals surface area contributed by atoms with E-state index in [2.05, 4.69) is 11.4 Å². The third kappa shape index (κ3) is 4.47. The fourth-order valence-corrected chi connectivity index (χ4v) is 3.20. The van der Waals surface area contributed by atoms with E-state index in [-0.39, 0.29) is 12.5 Å². The summed E-state index contributed by atoms with van der Waals surface area (Å²) in [6.45, 7) is -0.0910. The lowest BCUT2D eigenvalue weighted by atomic mass is 10.1. The molecule has 1 aliphatic rings. The highest BCUT2D eigenvalue weighted by atomic mass is 32.2. The first-order valence-electron chi connectivity index (χ1n) is 7.69. The summed E-state index contributed by atoms with van der Waals surface area (Å²) in [5.41, 5.74) is 3.20. The summed E-state index contributed by atoms with van der Waals surface area (Å²) in [5.74, 6) is -2.05. The molecule has 1 N–H and O–H groups in total. The molecule has 2 aromatic rings. The van der Waals surface area contributed by atoms with Crippen LogP contribution in [0.5, 0.6) is 5.75 Å². The number of thioether (sulfide) groups is 1. The summed E-state index contributed by atoms with van der Waals surface area (Å²) in [4.78, 5) is 12.4. The van der Waals surface area contributed by atoms with Gasteiger partial charge in [0, 0.05) is 10.6 Å². The fourth-order valence-electron chi connectivity index (χ4n) is 2.70. The van der Waals surface area contributed by atoms with Gasteiger partial charge in [0.2, 0.25) is 0 Å². The zero-order valence-electron chi connectivity index (χ0n) is 12.9. The number of ether oxygens (including phenoxy) is 1. The molecule has 0 saturated heterocycles. The van der Waals surface area contributed by atoms with Gasteiger partial charge in [0.1, 0.15) is 5.75 Å². The van der Waals surface area contributed by atoms with Crippen LogP contribution in [0.1, 0.15) is 17.5 Å². The SMILES string of the molecule is O=C(COc1ccc2c(c1)CCC2)Nc1ccc(SC(F)F)cc1. The van der Waals surface area contributed by atoms with E-state index in [9.17, 15) is 13.6 Å². The quantitative estimate of drug-likeness (QED) is 0.780. The molecule has 0 fully saturated rings. The minimum atomic E-state index is -2.45. The molecule has 3 rings (SSSR count). The Labute approximate surface area is 143 Å². The van der Waals surface area contributed by atoms with Crippen LogP contribution in [0.25, 0.3) is 0 Å². The number of amides is 1. The molecule has 1 amide bonds. The minimum Gasteiger partial charge on any atom is -0.484 e. The van der Waals surface area contributed by atoms with Crippen LogP contribution in [0.2, 0.25) is 0 Å². The number of anilines is 1. The van der Waals surface area contributed by atoms with Crippen molar-refractivity contribution < 1.29 is 18.3 Å². The highest BCUT2D eigenvalue weighted by Crippen LogP contribution is 2.27. The van der Waals surface area contributed by atoms with Crippen molar-refractivity contribution in [1.82, 2.24) is 0 Å². The topological polar surface area (TPSA) is 38.3 Å². The van der Waals surface area contributed by atoms with Crippen LogP contribution in [0.4, 0.5) is 14.5 Å². The molecule has 1 aliphatic carbocycles. The summed E-state index contributed by atoms with van der Waals surface area (Å²) in [7, 11) is 0. The van der Waals surface area contributed by atoms with E-state index >= 15 is 0 Å². The molecule has 24 heavy (non-hydrogen) atoms. The molecule has 0 radical (unpaired) electrons. The molecule has 0 aliphatic heterocycles. The van der Waals surface area contributed by atoms with Gasteiger partial charge in [0.15, 0.2) is 6.61 Å². The number of aryl methyl sites for hydroxylation is 2. The van der Waals surface area contributed by atoms with Gasteiger partial charge in [-0.15, -0.1) is 0 Å². The molecule has 3 nitrogen and oxygen atoms in total. The highest BCUT2D eigenvalue weighted by Gasteiger charge is 2.12. The summed E-state index contributed by atoms with van der Waals surface area (Å²) in [6, 6.07) is 12.2. The third-order valence-electron chi connectivity index (χ3n) is 3.80. The fraction of sp³-hybridized carbons (Fsp3) is 0.278. The number of nitrogens with one attached hydrogen (secondary N) is 1. The molecule has 126 valence electrons. The Bertz CT molecular complexity index is 719. The van der Waals surface area contributed by atoms with Crippen molar-refractivity contribution >= 4 is 23.4 Å². The maximum Gasteiger partial charge on any atom is 0.288 e. The lowest BCUT2D eigenvalue weighted by molar-refractivity contribution is -0.118. The standard InChI is InChI=1S/C18H17F2NO2S/c19-18(20)24-16-8-5-14(6-9-16)21-17(22)11-23-15-7-4-12-2-1-3-13(12)10-15/h4-10,18H,1-3,11H2,(H,21,22). The third-order valence-corrected chi connectivity index (χ3v) is 4.53. The van der Waals surface area contributed by atoms with Crippen LogP contribution in [0.3, 0.4) is 0 Å². The molecule has 0 saturated carbocycles. The van der Waals surface area contributed by atoms with E-state index in [0.717, 1.165) is 12.8 Å². The van der Waals surface area contributed by atoms with Crippen LogP contribution in [0, 0.1) is 0 Å². The van der Waals surface area contributed by atoms with Gasteiger partial charge in [0.05, 0.1) is 0 Å². The Morgan fingerprint density at radius 2 is 1.88 bits per heavy atom. The summed E-state index contributed by atoms with van der Waals surface area (Å²) in [5, 5.41) is 2.68. The smallest absolute Gasteiger partial charge is 0.288 e. The van der Waals surface area contributed by atoms with Gasteiger partial charge >= 0.3 is 0 Å². The van der Waals surface area contributed by atoms with E-state index in [4.69, 9.17) is 4.74 Å². The second-order valence-electron chi connectivity index (χ2n) is 5.52. The Balaban J connectivity index is 1.50. The normalized spacial score (nSPS) is 13.0. The lowest BCUT2D eigenvalue weighted by Gasteiger charge is -2.09. The molecule has 0 atom stereocenters. The van der Waals surface area contributed by atoms with Crippen molar-refractivity contribution in [2.45, 2.75) is 29.9 Å². The van der Waals surface area contributed by atoms with Gasteiger partial charge in [-0.2, -0.15) is 8.78 Å². The summed E-state index contributed by atoms with van der Waals surface area (Å²) < 4.78 is 30.0. The molecule has 0 unspecified atom stereocenters. The Kier molecular flexibility index (Phi) is 5.35. The van der Waals surface area contributed by atoms with Crippen molar-refractivity contribution in [1.29, 1.82) is 0 Å². The molecule has 6 heteroatoms. The van der Waals surface area contributed by atoms with Crippen molar-refractivity contribution in [3.8, 4) is 5.75 Å². The number of hydrogen-bond acceptors (Lipinski definition) is 3. The zero-order chi connectivity index (χ0) is 16.9. The van der Waals surface area contributed by atoms with E-state index in [1.165, 1.54) is 17.5 Å². The molecule has 2 aromatic carbocycles. The second kappa shape index (κ2) is 7.66. The number of fused-ring (bicyclic) bond motifs is 1. The van der Waals surface area contributed by atoms with Crippen molar-refractivity contribution in [2.75, 3.05) is 11.9 Å². The zero-order valence-corrected chi connectivity index (χ0v) is 13.7. The Hall–Kier alpha value is -2.08. The number of hydrogen-bond donors (Lipinski definition) is 1. The number of alkyl halides is 2. The molecule has 0 spiro atoms. The van der Waals surface area contributed by atoms with Crippen molar-refractivity contribution in [3.63, 3.8) is 0 Å². The first-order chi connectivity index (χ1) is 11.6. The number of carbonyl (C=O) groups is 1. The van der Waals surface area contributed by atoms with Crippen LogP contribution < -0.4 is 10.1 Å². The maximum absolute atomic E-state index is 12.3. The van der Waals surface area contributed by atoms with E-state index in [1.54, 1.807) is 24.3 Å². The van der Waals surface area contributed by atoms with E-state index in [1.807, 2.05) is 12.1 Å². The van der Waals surface area contributed by atoms with E-state index < -0.39 is 5.76 Å². The van der Waals surface area contributed by atoms with Crippen LogP contribution in [0.15, 0.2) is 47.4 Å². The Morgan fingerprint density at radius 1 is 1.12 bits per heavy atom. The monoisotopic (exact) mass is 349 g/mol. The highest BCUT2D eigenvalue weighted by molar-refractivity contribution is 7.99. The molecule has 0 heterocycles. The summed E-state index contributed by atoms with van der Waals surface area (Å²) >= 11 is 0.472. The first-order valence-corrected chi connectivity index (χ1v) is 8.57. The number of carbonyl (C=O) groups excluding carboxylic acids is 1. The van der Waals surface area contributed by atoms with Crippen molar-refractivity contribution in [3.05, 3.63) is 53.6 Å². The Morgan fingerprint density at radius 3 is 2.62 bits per heavy atom. The largest absolute Gasteiger partial charge is 0.484 e. The van der Waals surface area contributed by atoms with Gasteiger partial charge in [0.25, 0.3) is 11.7 Å². The predicted octanol–water partition coefficient (Wildman–Crippen LogP) is 4.51. The van der Waals surface area contributed by atoms with Crippen LogP contribution in [-0.4, -0.2) is 18.3 Å². The van der Waals surface area contributed by atoms with Gasteiger partial charge in [-0.1, -0.05) is 17.8 Å². The second-order valence-corrected chi connectivity index (χ2v) is 6.59. The molecule has 0 bridgehead atoms. The van der Waals surface area contributed by atoms with Gasteiger partial charge in [-0.25, -0.2) is 0 Å². The van der Waals surface area contributed by atoms with Gasteiger partial charge in [-0.05, 0) is 66.8 Å². The average Bonchev–Trinajstić information content (AvgIpc) is 3.02. The average molecular weight is 349 g/mol. The van der Waals surface area contributed by atoms with Gasteiger partial charge in [-0.3, -0.25) is 4.79 Å². The number of benzene rings is 2. The van der Waals surface area contributed by atoms with Crippen LogP contribution >= 0.6 is 11.8 Å². The summed E-state index contributed by atoms with van der Waals surface area (Å²) in [6.07, 6.45) is 3.33. The minimum absolute atomic E-state index is 0.0910. The number of rotatable bonds is 6.